The Balaban J connectivity index is 1.60. The molecular formula is C20H20N2O2. The molecule has 4 heteroatoms. The van der Waals surface area contributed by atoms with Gasteiger partial charge in [-0.15, -0.1) is 0 Å². The third kappa shape index (κ3) is 2.93. The molecule has 1 aliphatic carbocycles. The highest BCUT2D eigenvalue weighted by atomic mass is 16.4. The number of oxazole rings is 1. The normalized spacial score (nSPS) is 16.7. The average Bonchev–Trinajstić information content (AvgIpc) is 3.05. The van der Waals surface area contributed by atoms with Crippen molar-refractivity contribution in [3.05, 3.63) is 65.4 Å². The van der Waals surface area contributed by atoms with Gasteiger partial charge in [0, 0.05) is 17.7 Å². The van der Waals surface area contributed by atoms with Gasteiger partial charge in [-0.05, 0) is 37.0 Å². The number of nitrogens with one attached hydrogen (secondary N) is 1. The summed E-state index contributed by atoms with van der Waals surface area (Å²) in [6.45, 7) is 2.06. The SMILES string of the molecule is Cc1ccc(-c2cnc(Nc3cccc4c3CC(O)CC4)o2)cc1. The molecule has 1 aliphatic rings. The third-order valence-corrected chi connectivity index (χ3v) is 4.54. The minimum absolute atomic E-state index is 0.270. The smallest absolute Gasteiger partial charge is 0.299 e. The highest BCUT2D eigenvalue weighted by molar-refractivity contribution is 5.63. The zero-order valence-corrected chi connectivity index (χ0v) is 13.6. The van der Waals surface area contributed by atoms with Crippen molar-refractivity contribution in [1.82, 2.24) is 4.98 Å². The molecule has 0 spiro atoms. The van der Waals surface area contributed by atoms with E-state index in [4.69, 9.17) is 4.42 Å². The second-order valence-electron chi connectivity index (χ2n) is 6.36. The molecule has 0 fully saturated rings. The van der Waals surface area contributed by atoms with Gasteiger partial charge < -0.3 is 14.8 Å². The molecule has 1 atom stereocenters. The molecule has 1 aromatic heterocycles. The van der Waals surface area contributed by atoms with Crippen LogP contribution in [0.1, 0.15) is 23.1 Å². The monoisotopic (exact) mass is 320 g/mol. The molecule has 0 aliphatic heterocycles. The molecule has 0 radical (unpaired) electrons. The van der Waals surface area contributed by atoms with Crippen molar-refractivity contribution >= 4 is 11.7 Å². The summed E-state index contributed by atoms with van der Waals surface area (Å²) in [7, 11) is 0. The van der Waals surface area contributed by atoms with E-state index in [0.717, 1.165) is 35.4 Å². The Morgan fingerprint density at radius 2 is 2.00 bits per heavy atom. The first-order chi connectivity index (χ1) is 11.7. The van der Waals surface area contributed by atoms with Crippen molar-refractivity contribution < 1.29 is 9.52 Å². The molecule has 1 heterocycles. The minimum atomic E-state index is -0.270. The average molecular weight is 320 g/mol. The number of aromatic nitrogens is 1. The van der Waals surface area contributed by atoms with Crippen molar-refractivity contribution in [3.8, 4) is 11.3 Å². The van der Waals surface area contributed by atoms with E-state index < -0.39 is 0 Å². The molecule has 1 unspecified atom stereocenters. The fourth-order valence-corrected chi connectivity index (χ4v) is 3.19. The van der Waals surface area contributed by atoms with Crippen molar-refractivity contribution in [1.29, 1.82) is 0 Å². The summed E-state index contributed by atoms with van der Waals surface area (Å²) in [6, 6.07) is 14.8. The third-order valence-electron chi connectivity index (χ3n) is 4.54. The Morgan fingerprint density at radius 1 is 1.17 bits per heavy atom. The number of rotatable bonds is 3. The molecule has 0 amide bonds. The highest BCUT2D eigenvalue weighted by Gasteiger charge is 2.19. The Morgan fingerprint density at radius 3 is 2.83 bits per heavy atom. The van der Waals surface area contributed by atoms with Gasteiger partial charge in [0.2, 0.25) is 0 Å². The van der Waals surface area contributed by atoms with Gasteiger partial charge in [0.15, 0.2) is 5.76 Å². The van der Waals surface area contributed by atoms with Crippen LogP contribution in [0.4, 0.5) is 11.7 Å². The lowest BCUT2D eigenvalue weighted by molar-refractivity contribution is 0.159. The number of anilines is 2. The second-order valence-corrected chi connectivity index (χ2v) is 6.36. The van der Waals surface area contributed by atoms with Gasteiger partial charge in [-0.2, -0.15) is 0 Å². The van der Waals surface area contributed by atoms with Crippen LogP contribution in [0, 0.1) is 6.92 Å². The van der Waals surface area contributed by atoms with Crippen LogP contribution in [0.5, 0.6) is 0 Å². The molecule has 3 aromatic rings. The van der Waals surface area contributed by atoms with E-state index in [0.29, 0.717) is 12.4 Å². The van der Waals surface area contributed by atoms with E-state index >= 15 is 0 Å². The Kier molecular flexibility index (Phi) is 3.82. The quantitative estimate of drug-likeness (QED) is 0.758. The van der Waals surface area contributed by atoms with Crippen molar-refractivity contribution in [2.45, 2.75) is 32.3 Å². The van der Waals surface area contributed by atoms with Crippen LogP contribution in [-0.2, 0) is 12.8 Å². The predicted octanol–water partition coefficient (Wildman–Crippen LogP) is 4.24. The first-order valence-electron chi connectivity index (χ1n) is 8.28. The van der Waals surface area contributed by atoms with E-state index in [9.17, 15) is 5.11 Å². The lowest BCUT2D eigenvalue weighted by Gasteiger charge is -2.23. The number of aliphatic hydroxyl groups excluding tert-OH is 1. The first-order valence-corrected chi connectivity index (χ1v) is 8.28. The van der Waals surface area contributed by atoms with Gasteiger partial charge in [0.25, 0.3) is 6.01 Å². The van der Waals surface area contributed by atoms with Crippen LogP contribution in [0.2, 0.25) is 0 Å². The minimum Gasteiger partial charge on any atom is -0.423 e. The zero-order chi connectivity index (χ0) is 16.5. The summed E-state index contributed by atoms with van der Waals surface area (Å²) in [5.41, 5.74) is 5.63. The number of nitrogens with zero attached hydrogens (tertiary/aromatic N) is 1. The van der Waals surface area contributed by atoms with E-state index in [1.807, 2.05) is 24.3 Å². The summed E-state index contributed by atoms with van der Waals surface area (Å²) in [4.78, 5) is 4.34. The maximum atomic E-state index is 9.95. The Labute approximate surface area is 141 Å². The van der Waals surface area contributed by atoms with E-state index in [1.165, 1.54) is 11.1 Å². The van der Waals surface area contributed by atoms with E-state index in [-0.39, 0.29) is 6.10 Å². The van der Waals surface area contributed by atoms with Gasteiger partial charge >= 0.3 is 0 Å². The standard InChI is InChI=1S/C20H20N2O2/c1-13-5-7-15(8-6-13)19-12-21-20(24-19)22-18-4-2-3-14-9-10-16(23)11-17(14)18/h2-8,12,16,23H,9-11H2,1H3,(H,21,22). The van der Waals surface area contributed by atoms with Gasteiger partial charge in [0.05, 0.1) is 12.3 Å². The van der Waals surface area contributed by atoms with Crippen LogP contribution in [0.25, 0.3) is 11.3 Å². The van der Waals surface area contributed by atoms with Crippen LogP contribution < -0.4 is 5.32 Å². The zero-order valence-electron chi connectivity index (χ0n) is 13.6. The van der Waals surface area contributed by atoms with Gasteiger partial charge in [-0.3, -0.25) is 0 Å². The summed E-state index contributed by atoms with van der Waals surface area (Å²) in [5.74, 6) is 0.738. The predicted molar refractivity (Wildman–Crippen MR) is 94.4 cm³/mol. The molecule has 4 rings (SSSR count). The fraction of sp³-hybridized carbons (Fsp3) is 0.250. The van der Waals surface area contributed by atoms with Crippen LogP contribution in [0.15, 0.2) is 53.1 Å². The number of fused-ring (bicyclic) bond motifs is 1. The van der Waals surface area contributed by atoms with Crippen molar-refractivity contribution in [2.75, 3.05) is 5.32 Å². The Bertz CT molecular complexity index is 852. The van der Waals surface area contributed by atoms with Crippen LogP contribution in [0.3, 0.4) is 0 Å². The van der Waals surface area contributed by atoms with Crippen molar-refractivity contribution in [3.63, 3.8) is 0 Å². The lowest BCUT2D eigenvalue weighted by atomic mass is 9.88. The second kappa shape index (κ2) is 6.13. The maximum Gasteiger partial charge on any atom is 0.299 e. The molecule has 0 bridgehead atoms. The lowest BCUT2D eigenvalue weighted by Crippen LogP contribution is -2.19. The summed E-state index contributed by atoms with van der Waals surface area (Å²) < 4.78 is 5.85. The highest BCUT2D eigenvalue weighted by Crippen LogP contribution is 2.31. The summed E-state index contributed by atoms with van der Waals surface area (Å²) >= 11 is 0. The number of hydrogen-bond donors (Lipinski definition) is 2. The number of aliphatic hydroxyl groups is 1. The summed E-state index contributed by atoms with van der Waals surface area (Å²) in [6.07, 6.45) is 3.87. The molecule has 122 valence electrons. The van der Waals surface area contributed by atoms with E-state index in [2.05, 4.69) is 35.4 Å². The molecule has 0 saturated carbocycles. The van der Waals surface area contributed by atoms with Crippen molar-refractivity contribution in [2.24, 2.45) is 0 Å². The van der Waals surface area contributed by atoms with Gasteiger partial charge in [-0.25, -0.2) is 4.98 Å². The number of aryl methyl sites for hydroxylation is 2. The first kappa shape index (κ1) is 15.0. The Hall–Kier alpha value is -2.59. The van der Waals surface area contributed by atoms with Crippen LogP contribution in [-0.4, -0.2) is 16.2 Å². The van der Waals surface area contributed by atoms with E-state index in [1.54, 1.807) is 6.20 Å². The molecule has 0 saturated heterocycles. The molecule has 2 N–H and O–H groups in total. The number of hydrogen-bond acceptors (Lipinski definition) is 4. The summed E-state index contributed by atoms with van der Waals surface area (Å²) in [5, 5.41) is 13.2. The molecular weight excluding hydrogens is 300 g/mol. The fourth-order valence-electron chi connectivity index (χ4n) is 3.19. The van der Waals surface area contributed by atoms with Gasteiger partial charge in [-0.1, -0.05) is 42.0 Å². The van der Waals surface area contributed by atoms with Crippen LogP contribution >= 0.6 is 0 Å². The van der Waals surface area contributed by atoms with Gasteiger partial charge in [0.1, 0.15) is 0 Å². The number of benzene rings is 2. The molecule has 2 aromatic carbocycles. The maximum absolute atomic E-state index is 9.95. The topological polar surface area (TPSA) is 58.3 Å². The largest absolute Gasteiger partial charge is 0.423 e. The molecule has 4 nitrogen and oxygen atoms in total. The molecule has 24 heavy (non-hydrogen) atoms.